The van der Waals surface area contributed by atoms with Crippen molar-refractivity contribution in [3.8, 4) is 0 Å². The molecular weight excluding hydrogens is 472 g/mol. The average Bonchev–Trinajstić information content (AvgIpc) is 3.38. The molecule has 0 aliphatic heterocycles. The van der Waals surface area contributed by atoms with Gasteiger partial charge in [-0.2, -0.15) is 0 Å². The van der Waals surface area contributed by atoms with Crippen molar-refractivity contribution in [2.75, 3.05) is 0 Å². The Balaban J connectivity index is 1.52. The summed E-state index contributed by atoms with van der Waals surface area (Å²) in [6.07, 6.45) is 1.75. The zero-order chi connectivity index (χ0) is 26.5. The number of hydrogen-bond donors (Lipinski definition) is 1. The second kappa shape index (κ2) is 11.5. The molecular formula is C31H34N6O. The van der Waals surface area contributed by atoms with Crippen molar-refractivity contribution >= 4 is 10.9 Å². The minimum Gasteiger partial charge on any atom is -0.322 e. The molecule has 0 unspecified atom stereocenters. The second-order valence-electron chi connectivity index (χ2n) is 9.89. The fourth-order valence-corrected chi connectivity index (χ4v) is 4.99. The van der Waals surface area contributed by atoms with Gasteiger partial charge in [0.15, 0.2) is 5.82 Å². The highest BCUT2D eigenvalue weighted by Gasteiger charge is 2.26. The van der Waals surface area contributed by atoms with Crippen LogP contribution in [-0.4, -0.2) is 30.1 Å². The monoisotopic (exact) mass is 506 g/mol. The maximum absolute atomic E-state index is 13.2. The van der Waals surface area contributed by atoms with E-state index in [2.05, 4.69) is 94.7 Å². The van der Waals surface area contributed by atoms with Crippen LogP contribution < -0.4 is 5.56 Å². The summed E-state index contributed by atoms with van der Waals surface area (Å²) in [4.78, 5) is 18.6. The molecule has 0 aliphatic rings. The first kappa shape index (κ1) is 25.5. The van der Waals surface area contributed by atoms with Crippen LogP contribution in [-0.2, 0) is 26.1 Å². The van der Waals surface area contributed by atoms with Gasteiger partial charge in [0.2, 0.25) is 0 Å². The van der Waals surface area contributed by atoms with Crippen molar-refractivity contribution in [2.45, 2.75) is 59.3 Å². The first-order valence-electron chi connectivity index (χ1n) is 13.3. The molecule has 0 fully saturated rings. The molecule has 0 amide bonds. The van der Waals surface area contributed by atoms with Gasteiger partial charge < -0.3 is 4.98 Å². The molecule has 0 saturated carbocycles. The number of hydrogen-bond acceptors (Lipinski definition) is 5. The van der Waals surface area contributed by atoms with Gasteiger partial charge in [0.05, 0.1) is 12.6 Å². The van der Waals surface area contributed by atoms with Crippen LogP contribution in [0.25, 0.3) is 10.9 Å². The number of rotatable bonds is 10. The maximum Gasteiger partial charge on any atom is 0.252 e. The zero-order valence-corrected chi connectivity index (χ0v) is 22.3. The summed E-state index contributed by atoms with van der Waals surface area (Å²) in [5.41, 5.74) is 6.32. The molecule has 1 N–H and O–H groups in total. The smallest absolute Gasteiger partial charge is 0.252 e. The summed E-state index contributed by atoms with van der Waals surface area (Å²) in [6.45, 7) is 8.12. The van der Waals surface area contributed by atoms with Gasteiger partial charge in [0.25, 0.3) is 5.56 Å². The van der Waals surface area contributed by atoms with Crippen LogP contribution in [0.15, 0.2) is 83.7 Å². The third-order valence-corrected chi connectivity index (χ3v) is 7.13. The van der Waals surface area contributed by atoms with Crippen molar-refractivity contribution in [1.82, 2.24) is 30.1 Å². The Morgan fingerprint density at radius 3 is 2.39 bits per heavy atom. The van der Waals surface area contributed by atoms with Crippen LogP contribution in [0.3, 0.4) is 0 Å². The first-order valence-corrected chi connectivity index (χ1v) is 13.3. The molecule has 38 heavy (non-hydrogen) atoms. The minimum atomic E-state index is -0.0768. The van der Waals surface area contributed by atoms with Gasteiger partial charge in [-0.25, -0.2) is 4.68 Å². The summed E-state index contributed by atoms with van der Waals surface area (Å²) in [5.74, 6) is 0.800. The van der Waals surface area contributed by atoms with Crippen molar-refractivity contribution in [3.05, 3.63) is 123 Å². The van der Waals surface area contributed by atoms with Gasteiger partial charge >= 0.3 is 0 Å². The normalized spacial score (nSPS) is 12.3. The fourth-order valence-electron chi connectivity index (χ4n) is 4.99. The van der Waals surface area contributed by atoms with Gasteiger partial charge in [-0.3, -0.25) is 9.69 Å². The summed E-state index contributed by atoms with van der Waals surface area (Å²) in [6, 6.07) is 27.0. The van der Waals surface area contributed by atoms with Crippen LogP contribution in [0.4, 0.5) is 0 Å². The van der Waals surface area contributed by atoms with Crippen molar-refractivity contribution in [1.29, 1.82) is 0 Å². The number of benzene rings is 3. The van der Waals surface area contributed by atoms with E-state index in [1.54, 1.807) is 0 Å². The first-order chi connectivity index (χ1) is 18.5. The summed E-state index contributed by atoms with van der Waals surface area (Å²) in [7, 11) is 0. The summed E-state index contributed by atoms with van der Waals surface area (Å²) in [5, 5.41) is 13.9. The van der Waals surface area contributed by atoms with Crippen LogP contribution >= 0.6 is 0 Å². The van der Waals surface area contributed by atoms with E-state index in [0.717, 1.165) is 40.7 Å². The summed E-state index contributed by atoms with van der Waals surface area (Å²) < 4.78 is 1.88. The Kier molecular flexibility index (Phi) is 7.75. The predicted octanol–water partition coefficient (Wildman–Crippen LogP) is 5.59. The third-order valence-electron chi connectivity index (χ3n) is 7.13. The predicted molar refractivity (Wildman–Crippen MR) is 151 cm³/mol. The average molecular weight is 507 g/mol. The highest BCUT2D eigenvalue weighted by Crippen LogP contribution is 2.27. The van der Waals surface area contributed by atoms with Gasteiger partial charge in [0.1, 0.15) is 0 Å². The number of aryl methyl sites for hydroxylation is 2. The second-order valence-corrected chi connectivity index (χ2v) is 9.89. The van der Waals surface area contributed by atoms with Gasteiger partial charge in [-0.05, 0) is 70.5 Å². The van der Waals surface area contributed by atoms with Crippen LogP contribution in [0, 0.1) is 6.92 Å². The Bertz CT molecular complexity index is 1560. The molecule has 0 aliphatic carbocycles. The lowest BCUT2D eigenvalue weighted by atomic mass is 10.0. The molecule has 7 heteroatoms. The van der Waals surface area contributed by atoms with E-state index in [1.807, 2.05) is 35.0 Å². The topological polar surface area (TPSA) is 79.7 Å². The number of aromatic nitrogens is 5. The number of pyridine rings is 1. The zero-order valence-electron chi connectivity index (χ0n) is 22.3. The molecule has 0 saturated heterocycles. The van der Waals surface area contributed by atoms with Gasteiger partial charge in [-0.15, -0.1) is 5.10 Å². The highest BCUT2D eigenvalue weighted by atomic mass is 16.1. The van der Waals surface area contributed by atoms with Crippen molar-refractivity contribution in [2.24, 2.45) is 0 Å². The number of fused-ring (bicyclic) bond motifs is 1. The summed E-state index contributed by atoms with van der Waals surface area (Å²) >= 11 is 0. The van der Waals surface area contributed by atoms with Crippen LogP contribution in [0.5, 0.6) is 0 Å². The molecule has 1 atom stereocenters. The lowest BCUT2D eigenvalue weighted by Gasteiger charge is -2.30. The molecule has 2 heterocycles. The standard InChI is InChI=1S/C31H34N6O/c1-4-23-15-16-28-26(17-23)18-27(31(38)32-28)21-36(19-25-13-11-22(3)12-14-25)29(5-2)30-33-34-35-37(30)20-24-9-7-6-8-10-24/h6-18,29H,4-5,19-21H2,1-3H3,(H,32,38)/t29-/m0/s1. The van der Waals surface area contributed by atoms with E-state index in [0.29, 0.717) is 19.6 Å². The Morgan fingerprint density at radius 1 is 0.895 bits per heavy atom. The number of nitrogens with one attached hydrogen (secondary N) is 1. The largest absolute Gasteiger partial charge is 0.322 e. The van der Waals surface area contributed by atoms with E-state index in [4.69, 9.17) is 0 Å². The number of nitrogens with zero attached hydrogens (tertiary/aromatic N) is 5. The van der Waals surface area contributed by atoms with Crippen LogP contribution in [0.1, 0.15) is 60.0 Å². The lowest BCUT2D eigenvalue weighted by molar-refractivity contribution is 0.161. The molecule has 0 radical (unpaired) electrons. The van der Waals surface area contributed by atoms with Gasteiger partial charge in [0, 0.05) is 24.2 Å². The molecule has 0 spiro atoms. The number of aromatic amines is 1. The van der Waals surface area contributed by atoms with Crippen LogP contribution in [0.2, 0.25) is 0 Å². The Hall–Kier alpha value is -4.10. The van der Waals surface area contributed by atoms with E-state index in [1.165, 1.54) is 16.7 Å². The van der Waals surface area contributed by atoms with Crippen molar-refractivity contribution < 1.29 is 0 Å². The molecule has 0 bridgehead atoms. The molecule has 5 rings (SSSR count). The molecule has 2 aromatic heterocycles. The molecule has 7 nitrogen and oxygen atoms in total. The highest BCUT2D eigenvalue weighted by molar-refractivity contribution is 5.79. The van der Waals surface area contributed by atoms with E-state index >= 15 is 0 Å². The molecule has 5 aromatic rings. The minimum absolute atomic E-state index is 0.0608. The molecule has 194 valence electrons. The Morgan fingerprint density at radius 2 is 1.66 bits per heavy atom. The third kappa shape index (κ3) is 5.73. The van der Waals surface area contributed by atoms with Crippen molar-refractivity contribution in [3.63, 3.8) is 0 Å². The van der Waals surface area contributed by atoms with Gasteiger partial charge in [-0.1, -0.05) is 80.1 Å². The van der Waals surface area contributed by atoms with E-state index in [-0.39, 0.29) is 11.6 Å². The van der Waals surface area contributed by atoms with E-state index < -0.39 is 0 Å². The maximum atomic E-state index is 13.2. The fraction of sp³-hybridized carbons (Fsp3) is 0.290. The van der Waals surface area contributed by atoms with E-state index in [9.17, 15) is 4.79 Å². The number of tetrazole rings is 1. The SMILES string of the molecule is CCc1ccc2[nH]c(=O)c(CN(Cc3ccc(C)cc3)[C@@H](CC)c3nnnn3Cc3ccccc3)cc2c1. The molecule has 3 aromatic carbocycles. The quantitative estimate of drug-likeness (QED) is 0.267. The number of H-pyrrole nitrogens is 1. The lowest BCUT2D eigenvalue weighted by Crippen LogP contribution is -2.32. The Labute approximate surface area is 223 Å².